The van der Waals surface area contributed by atoms with E-state index in [9.17, 15) is 14.4 Å². The first-order valence-electron chi connectivity index (χ1n) is 31.6. The molecule has 6 nitrogen and oxygen atoms in total. The van der Waals surface area contributed by atoms with Gasteiger partial charge < -0.3 is 14.2 Å². The summed E-state index contributed by atoms with van der Waals surface area (Å²) in [6.07, 6.45) is 59.7. The van der Waals surface area contributed by atoms with Crippen LogP contribution in [0.2, 0.25) is 0 Å². The smallest absolute Gasteiger partial charge is 0.306 e. The van der Waals surface area contributed by atoms with E-state index in [1.54, 1.807) is 0 Å². The van der Waals surface area contributed by atoms with Crippen molar-refractivity contribution < 1.29 is 28.6 Å². The Balaban J connectivity index is 4.21. The minimum Gasteiger partial charge on any atom is -0.462 e. The zero-order valence-electron chi connectivity index (χ0n) is 48.3. The van der Waals surface area contributed by atoms with Gasteiger partial charge in [0.25, 0.3) is 0 Å². The summed E-state index contributed by atoms with van der Waals surface area (Å²) in [5.74, 6) is 1.72. The van der Waals surface area contributed by atoms with Crippen molar-refractivity contribution in [2.45, 2.75) is 362 Å². The molecule has 416 valence electrons. The quantitative estimate of drug-likeness (QED) is 0.0343. The second kappa shape index (κ2) is 55.2. The number of carbonyl (C=O) groups excluding carboxylic acids is 3. The van der Waals surface area contributed by atoms with E-state index >= 15 is 0 Å². The van der Waals surface area contributed by atoms with Gasteiger partial charge in [-0.05, 0) is 37.0 Å². The molecule has 0 aliphatic carbocycles. The molecular formula is C64H124O6. The minimum absolute atomic E-state index is 0.0632. The lowest BCUT2D eigenvalue weighted by Gasteiger charge is -2.18. The molecule has 0 N–H and O–H groups in total. The average molecular weight is 990 g/mol. The third-order valence-electron chi connectivity index (χ3n) is 15.0. The van der Waals surface area contributed by atoms with Crippen molar-refractivity contribution in [2.24, 2.45) is 17.8 Å². The van der Waals surface area contributed by atoms with Crippen LogP contribution in [0, 0.1) is 17.8 Å². The lowest BCUT2D eigenvalue weighted by molar-refractivity contribution is -0.167. The molecule has 0 rings (SSSR count). The van der Waals surface area contributed by atoms with Crippen molar-refractivity contribution in [1.29, 1.82) is 0 Å². The Bertz CT molecular complexity index is 1090. The molecule has 0 saturated carbocycles. The molecule has 0 aromatic rings. The van der Waals surface area contributed by atoms with Gasteiger partial charge in [0.2, 0.25) is 0 Å². The number of hydrogen-bond donors (Lipinski definition) is 0. The van der Waals surface area contributed by atoms with Crippen LogP contribution in [0.4, 0.5) is 0 Å². The summed E-state index contributed by atoms with van der Waals surface area (Å²) >= 11 is 0. The topological polar surface area (TPSA) is 78.9 Å². The van der Waals surface area contributed by atoms with E-state index in [4.69, 9.17) is 14.2 Å². The summed E-state index contributed by atoms with van der Waals surface area (Å²) in [5, 5.41) is 0. The molecule has 0 saturated heterocycles. The van der Waals surface area contributed by atoms with Gasteiger partial charge in [0.15, 0.2) is 6.10 Å². The third kappa shape index (κ3) is 55.7. The number of unbranched alkanes of at least 4 members (excludes halogenated alkanes) is 39. The number of carbonyl (C=O) groups is 3. The predicted octanol–water partition coefficient (Wildman–Crippen LogP) is 21.1. The van der Waals surface area contributed by atoms with Crippen molar-refractivity contribution in [1.82, 2.24) is 0 Å². The van der Waals surface area contributed by atoms with Crippen molar-refractivity contribution in [3.63, 3.8) is 0 Å². The molecule has 6 heteroatoms. The predicted molar refractivity (Wildman–Crippen MR) is 303 cm³/mol. The summed E-state index contributed by atoms with van der Waals surface area (Å²) < 4.78 is 16.9. The highest BCUT2D eigenvalue weighted by atomic mass is 16.6. The molecule has 0 aromatic heterocycles. The fraction of sp³-hybridized carbons (Fsp3) is 0.953. The maximum atomic E-state index is 12.9. The van der Waals surface area contributed by atoms with E-state index in [-0.39, 0.29) is 31.1 Å². The first kappa shape index (κ1) is 68.4. The second-order valence-electron chi connectivity index (χ2n) is 23.2. The molecule has 70 heavy (non-hydrogen) atoms. The molecule has 0 radical (unpaired) electrons. The third-order valence-corrected chi connectivity index (χ3v) is 15.0. The van der Waals surface area contributed by atoms with Gasteiger partial charge in [-0.1, -0.05) is 318 Å². The van der Waals surface area contributed by atoms with Crippen LogP contribution >= 0.6 is 0 Å². The van der Waals surface area contributed by atoms with E-state index in [0.717, 1.165) is 75.5 Å². The first-order valence-corrected chi connectivity index (χ1v) is 31.6. The zero-order chi connectivity index (χ0) is 51.2. The maximum absolute atomic E-state index is 12.9. The second-order valence-corrected chi connectivity index (χ2v) is 23.2. The average Bonchev–Trinajstić information content (AvgIpc) is 3.33. The molecule has 0 spiro atoms. The monoisotopic (exact) mass is 989 g/mol. The summed E-state index contributed by atoms with van der Waals surface area (Å²) in [6.45, 7) is 13.8. The van der Waals surface area contributed by atoms with Gasteiger partial charge in [-0.15, -0.1) is 0 Å². The van der Waals surface area contributed by atoms with Crippen LogP contribution < -0.4 is 0 Å². The van der Waals surface area contributed by atoms with Crippen LogP contribution in [-0.2, 0) is 28.6 Å². The Morgan fingerprint density at radius 1 is 0.286 bits per heavy atom. The molecule has 0 bridgehead atoms. The molecule has 0 heterocycles. The van der Waals surface area contributed by atoms with E-state index < -0.39 is 6.10 Å². The van der Waals surface area contributed by atoms with Gasteiger partial charge in [-0.3, -0.25) is 14.4 Å². The van der Waals surface area contributed by atoms with Crippen LogP contribution in [-0.4, -0.2) is 37.2 Å². The normalized spacial score (nSPS) is 12.5. The zero-order valence-corrected chi connectivity index (χ0v) is 48.3. The highest BCUT2D eigenvalue weighted by Crippen LogP contribution is 2.19. The Hall–Kier alpha value is -1.59. The highest BCUT2D eigenvalue weighted by molar-refractivity contribution is 5.71. The molecule has 0 amide bonds. The molecule has 0 aliphatic rings. The summed E-state index contributed by atoms with van der Waals surface area (Å²) in [4.78, 5) is 38.2. The lowest BCUT2D eigenvalue weighted by Crippen LogP contribution is -2.30. The van der Waals surface area contributed by atoms with E-state index in [2.05, 4.69) is 41.5 Å². The van der Waals surface area contributed by atoms with Crippen LogP contribution in [0.15, 0.2) is 0 Å². The van der Waals surface area contributed by atoms with Crippen molar-refractivity contribution in [3.05, 3.63) is 0 Å². The SMILES string of the molecule is CCC(C)CCCCCCCCCCCCCCCCCCCCC(=O)OC[C@@H](COC(=O)CCCCCCCCCCC(C)C)OC(=O)CCCCCCCCCCCCCCCCCCC(C)C. The molecular weight excluding hydrogens is 865 g/mol. The number of rotatable bonds is 57. The van der Waals surface area contributed by atoms with Gasteiger partial charge >= 0.3 is 17.9 Å². The molecule has 0 aliphatic heterocycles. The fourth-order valence-electron chi connectivity index (χ4n) is 9.85. The van der Waals surface area contributed by atoms with E-state index in [0.29, 0.717) is 19.3 Å². The van der Waals surface area contributed by atoms with E-state index in [1.807, 2.05) is 0 Å². The fourth-order valence-corrected chi connectivity index (χ4v) is 9.85. The Labute approximate surface area is 438 Å². The Morgan fingerprint density at radius 3 is 0.743 bits per heavy atom. The van der Waals surface area contributed by atoms with E-state index in [1.165, 1.54) is 238 Å². The largest absolute Gasteiger partial charge is 0.462 e. The molecule has 0 fully saturated rings. The van der Waals surface area contributed by atoms with Crippen molar-refractivity contribution in [3.8, 4) is 0 Å². The maximum Gasteiger partial charge on any atom is 0.306 e. The van der Waals surface area contributed by atoms with Crippen LogP contribution in [0.25, 0.3) is 0 Å². The highest BCUT2D eigenvalue weighted by Gasteiger charge is 2.19. The molecule has 0 aromatic carbocycles. The summed E-state index contributed by atoms with van der Waals surface area (Å²) in [7, 11) is 0. The molecule has 2 atom stereocenters. The summed E-state index contributed by atoms with van der Waals surface area (Å²) in [5.41, 5.74) is 0. The van der Waals surface area contributed by atoms with Gasteiger partial charge in [0, 0.05) is 19.3 Å². The van der Waals surface area contributed by atoms with Crippen LogP contribution in [0.1, 0.15) is 356 Å². The van der Waals surface area contributed by atoms with Gasteiger partial charge in [-0.2, -0.15) is 0 Å². The number of ether oxygens (including phenoxy) is 3. The van der Waals surface area contributed by atoms with Gasteiger partial charge in [0.1, 0.15) is 13.2 Å². The summed E-state index contributed by atoms with van der Waals surface area (Å²) in [6, 6.07) is 0. The van der Waals surface area contributed by atoms with Crippen LogP contribution in [0.5, 0.6) is 0 Å². The van der Waals surface area contributed by atoms with Crippen molar-refractivity contribution >= 4 is 17.9 Å². The standard InChI is InChI=1S/C64H124O6/c1-7-60(6)52-46-40-34-27-23-19-15-10-8-9-11-16-20-24-28-35-41-47-53-62(65)68-56-61(57-69-63(66)54-48-42-36-31-30-33-39-45-51-59(4)5)70-64(67)55-49-43-37-29-25-21-17-13-12-14-18-22-26-32-38-44-50-58(2)3/h58-61H,7-57H2,1-6H3/t60?,61-/m0/s1. The number of esters is 3. The number of hydrogen-bond acceptors (Lipinski definition) is 6. The van der Waals surface area contributed by atoms with Gasteiger partial charge in [-0.25, -0.2) is 0 Å². The Morgan fingerprint density at radius 2 is 0.500 bits per heavy atom. The minimum atomic E-state index is -0.764. The Kier molecular flexibility index (Phi) is 53.9. The first-order chi connectivity index (χ1) is 34.1. The van der Waals surface area contributed by atoms with Crippen molar-refractivity contribution in [2.75, 3.05) is 13.2 Å². The van der Waals surface area contributed by atoms with Gasteiger partial charge in [0.05, 0.1) is 0 Å². The lowest BCUT2D eigenvalue weighted by atomic mass is 9.99. The van der Waals surface area contributed by atoms with Crippen LogP contribution in [0.3, 0.4) is 0 Å². The molecule has 1 unspecified atom stereocenters.